The Morgan fingerprint density at radius 2 is 1.36 bits per heavy atom. The van der Waals surface area contributed by atoms with Crippen LogP contribution in [0.1, 0.15) is 12.8 Å². The molecule has 0 spiro atoms. The summed E-state index contributed by atoms with van der Waals surface area (Å²) in [5.41, 5.74) is 0. The second kappa shape index (κ2) is 9.88. The molecular formula is C8H20N2O. The zero-order valence-electron chi connectivity index (χ0n) is 7.65. The van der Waals surface area contributed by atoms with E-state index >= 15 is 0 Å². The first-order valence-electron chi connectivity index (χ1n) is 4.28. The molecule has 0 fully saturated rings. The van der Waals surface area contributed by atoms with Crippen LogP contribution in [0.3, 0.4) is 0 Å². The van der Waals surface area contributed by atoms with Gasteiger partial charge in [-0.25, -0.2) is 0 Å². The Labute approximate surface area is 69.5 Å². The van der Waals surface area contributed by atoms with Crippen molar-refractivity contribution >= 4 is 0 Å². The second-order valence-electron chi connectivity index (χ2n) is 2.53. The Bertz CT molecular complexity index is 61.1. The summed E-state index contributed by atoms with van der Waals surface area (Å²) in [5, 5.41) is 6.15. The maximum absolute atomic E-state index is 5.36. The van der Waals surface area contributed by atoms with E-state index in [4.69, 9.17) is 4.74 Å². The lowest BCUT2D eigenvalue weighted by atomic mass is 10.4. The molecule has 3 nitrogen and oxygen atoms in total. The zero-order chi connectivity index (χ0) is 8.36. The summed E-state index contributed by atoms with van der Waals surface area (Å²) < 4.78 is 5.36. The van der Waals surface area contributed by atoms with Gasteiger partial charge in [0.15, 0.2) is 0 Å². The van der Waals surface area contributed by atoms with Crippen LogP contribution in [-0.4, -0.2) is 40.4 Å². The normalized spacial score (nSPS) is 10.4. The average Bonchev–Trinajstić information content (AvgIpc) is 2.03. The Morgan fingerprint density at radius 3 is 1.73 bits per heavy atom. The zero-order valence-corrected chi connectivity index (χ0v) is 7.65. The molecule has 0 bridgehead atoms. The van der Waals surface area contributed by atoms with Gasteiger partial charge in [-0.3, -0.25) is 0 Å². The lowest BCUT2D eigenvalue weighted by Crippen LogP contribution is -2.13. The molecule has 3 heteroatoms. The fraction of sp³-hybridized carbons (Fsp3) is 1.00. The third kappa shape index (κ3) is 9.88. The molecule has 0 aliphatic heterocycles. The maximum Gasteiger partial charge on any atom is 0.0478 e. The summed E-state index contributed by atoms with van der Waals surface area (Å²) in [6.45, 7) is 3.85. The van der Waals surface area contributed by atoms with Gasteiger partial charge in [0.25, 0.3) is 0 Å². The van der Waals surface area contributed by atoms with E-state index in [9.17, 15) is 0 Å². The van der Waals surface area contributed by atoms with Gasteiger partial charge in [-0.1, -0.05) is 0 Å². The highest BCUT2D eigenvalue weighted by molar-refractivity contribution is 4.42. The van der Waals surface area contributed by atoms with Gasteiger partial charge >= 0.3 is 0 Å². The minimum absolute atomic E-state index is 0.880. The van der Waals surface area contributed by atoms with Crippen molar-refractivity contribution < 1.29 is 4.74 Å². The molecule has 0 heterocycles. The van der Waals surface area contributed by atoms with Crippen molar-refractivity contribution in [2.24, 2.45) is 0 Å². The lowest BCUT2D eigenvalue weighted by molar-refractivity contribution is 0.130. The third-order valence-corrected chi connectivity index (χ3v) is 1.43. The van der Waals surface area contributed by atoms with E-state index < -0.39 is 0 Å². The highest BCUT2D eigenvalue weighted by Crippen LogP contribution is 1.83. The molecule has 0 unspecified atom stereocenters. The molecule has 0 radical (unpaired) electrons. The van der Waals surface area contributed by atoms with Gasteiger partial charge in [0, 0.05) is 13.2 Å². The number of nitrogens with one attached hydrogen (secondary N) is 2. The summed E-state index contributed by atoms with van der Waals surface area (Å²) in [4.78, 5) is 0. The van der Waals surface area contributed by atoms with Gasteiger partial charge in [0.2, 0.25) is 0 Å². The molecule has 0 aromatic heterocycles. The number of rotatable bonds is 8. The predicted molar refractivity (Wildman–Crippen MR) is 47.9 cm³/mol. The topological polar surface area (TPSA) is 33.3 Å². The van der Waals surface area contributed by atoms with Crippen LogP contribution >= 0.6 is 0 Å². The molecule has 0 saturated heterocycles. The minimum atomic E-state index is 0.880. The van der Waals surface area contributed by atoms with Crippen LogP contribution in [0.15, 0.2) is 0 Å². The minimum Gasteiger partial charge on any atom is -0.381 e. The van der Waals surface area contributed by atoms with Crippen molar-refractivity contribution in [1.29, 1.82) is 0 Å². The summed E-state index contributed by atoms with van der Waals surface area (Å²) in [6.07, 6.45) is 2.21. The average molecular weight is 160 g/mol. The summed E-state index contributed by atoms with van der Waals surface area (Å²) in [5.74, 6) is 0. The highest BCUT2D eigenvalue weighted by atomic mass is 16.5. The second-order valence-corrected chi connectivity index (χ2v) is 2.53. The first-order valence-corrected chi connectivity index (χ1v) is 4.28. The van der Waals surface area contributed by atoms with Gasteiger partial charge in [-0.15, -0.1) is 0 Å². The summed E-state index contributed by atoms with van der Waals surface area (Å²) in [7, 11) is 3.92. The predicted octanol–water partition coefficient (Wildman–Crippen LogP) is 0.222. The Kier molecular flexibility index (Phi) is 9.77. The molecule has 0 aliphatic rings. The van der Waals surface area contributed by atoms with Crippen molar-refractivity contribution in [3.8, 4) is 0 Å². The SMILES string of the molecule is CNCCCOCCCNC. The number of hydrogen-bond acceptors (Lipinski definition) is 3. The lowest BCUT2D eigenvalue weighted by Gasteiger charge is -2.02. The van der Waals surface area contributed by atoms with Crippen LogP contribution in [0, 0.1) is 0 Å². The molecule has 0 aliphatic carbocycles. The van der Waals surface area contributed by atoms with Crippen LogP contribution in [-0.2, 0) is 4.74 Å². The first-order chi connectivity index (χ1) is 5.41. The van der Waals surface area contributed by atoms with Crippen molar-refractivity contribution in [1.82, 2.24) is 10.6 Å². The van der Waals surface area contributed by atoms with Crippen LogP contribution in [0.25, 0.3) is 0 Å². The van der Waals surface area contributed by atoms with Crippen molar-refractivity contribution in [2.75, 3.05) is 40.4 Å². The fourth-order valence-corrected chi connectivity index (χ4v) is 0.804. The molecule has 68 valence electrons. The molecule has 0 rings (SSSR count). The number of ether oxygens (including phenoxy) is 1. The van der Waals surface area contributed by atoms with Crippen LogP contribution in [0.2, 0.25) is 0 Å². The van der Waals surface area contributed by atoms with E-state index in [1.165, 1.54) is 0 Å². The van der Waals surface area contributed by atoms with E-state index in [0.29, 0.717) is 0 Å². The van der Waals surface area contributed by atoms with Crippen LogP contribution < -0.4 is 10.6 Å². The molecule has 0 saturated carbocycles. The quantitative estimate of drug-likeness (QED) is 0.498. The third-order valence-electron chi connectivity index (χ3n) is 1.43. The maximum atomic E-state index is 5.36. The molecule has 0 aromatic carbocycles. The Morgan fingerprint density at radius 1 is 0.909 bits per heavy atom. The highest BCUT2D eigenvalue weighted by Gasteiger charge is 1.87. The first kappa shape index (κ1) is 10.9. The van der Waals surface area contributed by atoms with Crippen LogP contribution in [0.5, 0.6) is 0 Å². The van der Waals surface area contributed by atoms with E-state index in [1.54, 1.807) is 0 Å². The molecule has 2 N–H and O–H groups in total. The van der Waals surface area contributed by atoms with E-state index in [1.807, 2.05) is 14.1 Å². The van der Waals surface area contributed by atoms with E-state index in [0.717, 1.165) is 39.1 Å². The fourth-order valence-electron chi connectivity index (χ4n) is 0.804. The molecule has 0 atom stereocenters. The van der Waals surface area contributed by atoms with Crippen molar-refractivity contribution in [3.05, 3.63) is 0 Å². The Balaban J connectivity index is 2.69. The summed E-state index contributed by atoms with van der Waals surface area (Å²) >= 11 is 0. The van der Waals surface area contributed by atoms with Crippen molar-refractivity contribution in [2.45, 2.75) is 12.8 Å². The number of hydrogen-bond donors (Lipinski definition) is 2. The van der Waals surface area contributed by atoms with E-state index in [-0.39, 0.29) is 0 Å². The van der Waals surface area contributed by atoms with Gasteiger partial charge in [0.1, 0.15) is 0 Å². The molecule has 11 heavy (non-hydrogen) atoms. The standard InChI is InChI=1S/C8H20N2O/c1-9-5-3-7-11-8-4-6-10-2/h9-10H,3-8H2,1-2H3. The Hall–Kier alpha value is -0.120. The molecule has 0 amide bonds. The largest absolute Gasteiger partial charge is 0.381 e. The van der Waals surface area contributed by atoms with E-state index in [2.05, 4.69) is 10.6 Å². The monoisotopic (exact) mass is 160 g/mol. The smallest absolute Gasteiger partial charge is 0.0478 e. The van der Waals surface area contributed by atoms with Gasteiger partial charge < -0.3 is 15.4 Å². The summed E-state index contributed by atoms with van der Waals surface area (Å²) in [6, 6.07) is 0. The van der Waals surface area contributed by atoms with Crippen LogP contribution in [0.4, 0.5) is 0 Å². The van der Waals surface area contributed by atoms with Gasteiger partial charge in [-0.05, 0) is 40.0 Å². The molecule has 0 aromatic rings. The van der Waals surface area contributed by atoms with Gasteiger partial charge in [-0.2, -0.15) is 0 Å². The van der Waals surface area contributed by atoms with Crippen molar-refractivity contribution in [3.63, 3.8) is 0 Å². The van der Waals surface area contributed by atoms with Gasteiger partial charge in [0.05, 0.1) is 0 Å². The molecular weight excluding hydrogens is 140 g/mol.